The van der Waals surface area contributed by atoms with Gasteiger partial charge in [0, 0.05) is 37.8 Å². The Balaban J connectivity index is 1.32. The quantitative estimate of drug-likeness (QED) is 0.597. The number of piperazine rings is 1. The van der Waals surface area contributed by atoms with Gasteiger partial charge in [0.25, 0.3) is 0 Å². The highest BCUT2D eigenvalue weighted by atomic mass is 32.1. The third-order valence-electron chi connectivity index (χ3n) is 8.81. The number of benzene rings is 1. The van der Waals surface area contributed by atoms with Crippen LogP contribution in [0.15, 0.2) is 24.3 Å². The fraction of sp³-hybridized carbons (Fsp3) is 0.714. The SMILES string of the molecule is Cc1ccc(CN2CCN(C(=S)NCC(=O)N[C@@H]3CCC[C@H](C)[C@@H]3C)CC23CCCCC3)cc1. The number of carbonyl (C=O) groups excluding carboxylic acids is 1. The molecule has 3 aliphatic rings. The number of thiocarbonyl (C=S) groups is 1. The normalized spacial score (nSPS) is 27.4. The molecule has 1 heterocycles. The van der Waals surface area contributed by atoms with E-state index in [2.05, 4.69) is 65.5 Å². The first kappa shape index (κ1) is 25.4. The van der Waals surface area contributed by atoms with Crippen molar-refractivity contribution in [2.45, 2.75) is 90.3 Å². The molecule has 2 N–H and O–H groups in total. The Morgan fingerprint density at radius 3 is 2.53 bits per heavy atom. The molecular formula is C28H44N4OS. The van der Waals surface area contributed by atoms with Crippen molar-refractivity contribution < 1.29 is 4.79 Å². The van der Waals surface area contributed by atoms with E-state index >= 15 is 0 Å². The molecule has 2 aliphatic carbocycles. The number of hydrogen-bond donors (Lipinski definition) is 2. The Bertz CT molecular complexity index is 835. The minimum atomic E-state index is 0.0682. The van der Waals surface area contributed by atoms with E-state index in [0.29, 0.717) is 17.9 Å². The maximum Gasteiger partial charge on any atom is 0.239 e. The minimum absolute atomic E-state index is 0.0682. The van der Waals surface area contributed by atoms with Crippen LogP contribution < -0.4 is 10.6 Å². The van der Waals surface area contributed by atoms with Gasteiger partial charge in [-0.2, -0.15) is 0 Å². The van der Waals surface area contributed by atoms with Crippen molar-refractivity contribution in [2.75, 3.05) is 26.2 Å². The highest BCUT2D eigenvalue weighted by Gasteiger charge is 2.42. The maximum absolute atomic E-state index is 12.7. The molecule has 1 aliphatic heterocycles. The average molecular weight is 485 g/mol. The van der Waals surface area contributed by atoms with Crippen molar-refractivity contribution in [3.8, 4) is 0 Å². The molecule has 3 fully saturated rings. The molecule has 2 saturated carbocycles. The Hall–Kier alpha value is -1.66. The number of nitrogens with one attached hydrogen (secondary N) is 2. The molecule has 0 radical (unpaired) electrons. The first-order valence-corrected chi connectivity index (χ1v) is 13.9. The van der Waals surface area contributed by atoms with E-state index in [9.17, 15) is 4.79 Å². The molecule has 188 valence electrons. The van der Waals surface area contributed by atoms with Crippen LogP contribution in [0, 0.1) is 18.8 Å². The number of amides is 1. The molecule has 0 unspecified atom stereocenters. The maximum atomic E-state index is 12.7. The van der Waals surface area contributed by atoms with Crippen LogP contribution in [0.1, 0.15) is 76.3 Å². The van der Waals surface area contributed by atoms with Crippen LogP contribution in [-0.2, 0) is 11.3 Å². The Morgan fingerprint density at radius 2 is 1.79 bits per heavy atom. The van der Waals surface area contributed by atoms with Gasteiger partial charge in [0.2, 0.25) is 5.91 Å². The van der Waals surface area contributed by atoms with Crippen molar-refractivity contribution >= 4 is 23.2 Å². The third-order valence-corrected chi connectivity index (χ3v) is 9.22. The summed E-state index contributed by atoms with van der Waals surface area (Å²) < 4.78 is 0. The van der Waals surface area contributed by atoms with Crippen LogP contribution in [0.5, 0.6) is 0 Å². The smallest absolute Gasteiger partial charge is 0.239 e. The summed E-state index contributed by atoms with van der Waals surface area (Å²) in [5, 5.41) is 7.29. The lowest BCUT2D eigenvalue weighted by Crippen LogP contribution is -2.64. The molecule has 1 spiro atoms. The Kier molecular flexibility index (Phi) is 8.52. The van der Waals surface area contributed by atoms with E-state index in [0.717, 1.165) is 37.7 Å². The van der Waals surface area contributed by atoms with Crippen LogP contribution in [0.4, 0.5) is 0 Å². The molecule has 5 nitrogen and oxygen atoms in total. The summed E-state index contributed by atoms with van der Waals surface area (Å²) in [6, 6.07) is 9.28. The van der Waals surface area contributed by atoms with E-state index in [1.54, 1.807) is 0 Å². The summed E-state index contributed by atoms with van der Waals surface area (Å²) in [6.45, 7) is 10.9. The number of rotatable bonds is 5. The van der Waals surface area contributed by atoms with Crippen molar-refractivity contribution in [1.29, 1.82) is 0 Å². The van der Waals surface area contributed by atoms with Crippen LogP contribution in [-0.4, -0.2) is 58.6 Å². The topological polar surface area (TPSA) is 47.6 Å². The van der Waals surface area contributed by atoms with Gasteiger partial charge in [-0.05, 0) is 55.8 Å². The second-order valence-electron chi connectivity index (χ2n) is 11.2. The first-order valence-electron chi connectivity index (χ1n) is 13.5. The molecule has 34 heavy (non-hydrogen) atoms. The van der Waals surface area contributed by atoms with Gasteiger partial charge < -0.3 is 15.5 Å². The zero-order valence-corrected chi connectivity index (χ0v) is 22.3. The molecule has 1 aromatic rings. The summed E-state index contributed by atoms with van der Waals surface area (Å²) in [5.41, 5.74) is 2.89. The number of aryl methyl sites for hydroxylation is 1. The molecule has 0 bridgehead atoms. The lowest BCUT2D eigenvalue weighted by Gasteiger charge is -2.53. The van der Waals surface area contributed by atoms with Gasteiger partial charge in [0.1, 0.15) is 0 Å². The van der Waals surface area contributed by atoms with Gasteiger partial charge in [0.05, 0.1) is 6.54 Å². The van der Waals surface area contributed by atoms with Crippen molar-refractivity contribution in [3.63, 3.8) is 0 Å². The van der Waals surface area contributed by atoms with Gasteiger partial charge in [-0.3, -0.25) is 9.69 Å². The molecule has 1 amide bonds. The zero-order chi connectivity index (χ0) is 24.1. The third kappa shape index (κ3) is 6.12. The molecule has 6 heteroatoms. The van der Waals surface area contributed by atoms with E-state index in [4.69, 9.17) is 12.2 Å². The van der Waals surface area contributed by atoms with Crippen LogP contribution in [0.2, 0.25) is 0 Å². The van der Waals surface area contributed by atoms with Gasteiger partial charge in [0.15, 0.2) is 5.11 Å². The largest absolute Gasteiger partial charge is 0.353 e. The number of nitrogens with zero attached hydrogens (tertiary/aromatic N) is 2. The molecule has 4 rings (SSSR count). The van der Waals surface area contributed by atoms with Crippen LogP contribution in [0.3, 0.4) is 0 Å². The lowest BCUT2D eigenvalue weighted by molar-refractivity contribution is -0.121. The highest BCUT2D eigenvalue weighted by Crippen LogP contribution is 2.37. The van der Waals surface area contributed by atoms with Crippen molar-refractivity contribution in [1.82, 2.24) is 20.4 Å². The first-order chi connectivity index (χ1) is 16.4. The molecule has 3 atom stereocenters. The molecule has 1 saturated heterocycles. The second kappa shape index (κ2) is 11.4. The summed E-state index contributed by atoms with van der Waals surface area (Å²) >= 11 is 5.79. The van der Waals surface area contributed by atoms with Crippen LogP contribution >= 0.6 is 12.2 Å². The minimum Gasteiger partial charge on any atom is -0.353 e. The van der Waals surface area contributed by atoms with Gasteiger partial charge in [-0.15, -0.1) is 0 Å². The van der Waals surface area contributed by atoms with Gasteiger partial charge in [-0.25, -0.2) is 0 Å². The summed E-state index contributed by atoms with van der Waals surface area (Å²) in [6.07, 6.45) is 9.95. The molecule has 0 aromatic heterocycles. The Morgan fingerprint density at radius 1 is 1.06 bits per heavy atom. The zero-order valence-electron chi connectivity index (χ0n) is 21.4. The predicted octanol–water partition coefficient (Wildman–Crippen LogP) is 4.63. The van der Waals surface area contributed by atoms with Crippen molar-refractivity contribution in [2.24, 2.45) is 11.8 Å². The number of carbonyl (C=O) groups is 1. The van der Waals surface area contributed by atoms with Crippen LogP contribution in [0.25, 0.3) is 0 Å². The van der Waals surface area contributed by atoms with E-state index in [1.165, 1.54) is 56.1 Å². The van der Waals surface area contributed by atoms with Crippen molar-refractivity contribution in [3.05, 3.63) is 35.4 Å². The Labute approximate surface area is 212 Å². The predicted molar refractivity (Wildman–Crippen MR) is 144 cm³/mol. The highest BCUT2D eigenvalue weighted by molar-refractivity contribution is 7.80. The molecule has 1 aromatic carbocycles. The van der Waals surface area contributed by atoms with E-state index in [1.807, 2.05) is 0 Å². The average Bonchev–Trinajstić information content (AvgIpc) is 2.84. The number of hydrogen-bond acceptors (Lipinski definition) is 3. The standard InChI is InChI=1S/C28H44N4OS/c1-21-10-12-24(13-11-21)19-32-17-16-31(20-28(32)14-5-4-6-15-28)27(34)29-18-26(33)30-25-9-7-8-22(2)23(25)3/h10-13,22-23,25H,4-9,14-20H2,1-3H3,(H,29,34)(H,30,33)/t22-,23-,25+/m0/s1. The van der Waals surface area contributed by atoms with E-state index in [-0.39, 0.29) is 18.0 Å². The second-order valence-corrected chi connectivity index (χ2v) is 11.6. The van der Waals surface area contributed by atoms with E-state index < -0.39 is 0 Å². The van der Waals surface area contributed by atoms with Gasteiger partial charge in [-0.1, -0.05) is 75.8 Å². The summed E-state index contributed by atoms with van der Waals surface area (Å²) in [4.78, 5) is 17.7. The fourth-order valence-electron chi connectivity index (χ4n) is 6.34. The molecular weight excluding hydrogens is 440 g/mol. The van der Waals surface area contributed by atoms with Gasteiger partial charge >= 0.3 is 0 Å². The summed E-state index contributed by atoms with van der Waals surface area (Å²) in [7, 11) is 0. The lowest BCUT2D eigenvalue weighted by atomic mass is 9.78. The summed E-state index contributed by atoms with van der Waals surface area (Å²) in [5.74, 6) is 1.28. The fourth-order valence-corrected chi connectivity index (χ4v) is 6.57. The monoisotopic (exact) mass is 484 g/mol.